The Bertz CT molecular complexity index is 3330. The fraction of sp³-hybridized carbons (Fsp3) is 0.100. The van der Waals surface area contributed by atoms with Crippen molar-refractivity contribution < 1.29 is 4.42 Å². The summed E-state index contributed by atoms with van der Waals surface area (Å²) in [4.78, 5) is 2.50. The molecule has 0 aliphatic heterocycles. The number of furan rings is 1. The quantitative estimate of drug-likeness (QED) is 0.173. The largest absolute Gasteiger partial charge is 0.458 e. The molecule has 0 saturated heterocycles. The fourth-order valence-corrected chi connectivity index (χ4v) is 11.5. The topological polar surface area (TPSA) is 16.4 Å². The SMILES string of the molecule is CC1C=CC2=C(C1)C1(c3cc(-c4ccc(N(c5ccc6ccccc6c5)C5CC=Cc6c5oc5c(-c7ccccc7)cccc65)cc4)ccc32)c2ccccc2-c2ccccc21. The highest BCUT2D eigenvalue weighted by Crippen LogP contribution is 2.64. The number of nitrogens with zero attached hydrogens (tertiary/aromatic N) is 1. The molecule has 2 heteroatoms. The predicted molar refractivity (Wildman–Crippen MR) is 258 cm³/mol. The van der Waals surface area contributed by atoms with Gasteiger partial charge < -0.3 is 9.32 Å². The predicted octanol–water partition coefficient (Wildman–Crippen LogP) is 15.9. The maximum atomic E-state index is 7.08. The number of rotatable bonds is 5. The first-order valence-electron chi connectivity index (χ1n) is 22.1. The second-order valence-corrected chi connectivity index (χ2v) is 17.6. The van der Waals surface area contributed by atoms with Gasteiger partial charge in [-0.1, -0.05) is 183 Å². The van der Waals surface area contributed by atoms with Crippen LogP contribution in [0.1, 0.15) is 59.4 Å². The summed E-state index contributed by atoms with van der Waals surface area (Å²) in [5.41, 5.74) is 20.0. The van der Waals surface area contributed by atoms with Gasteiger partial charge in [-0.2, -0.15) is 0 Å². The minimum atomic E-state index is -0.307. The Balaban J connectivity index is 0.948. The number of hydrogen-bond acceptors (Lipinski definition) is 2. The Hall–Kier alpha value is -7.42. The van der Waals surface area contributed by atoms with Gasteiger partial charge in [-0.05, 0) is 121 Å². The molecule has 4 aliphatic carbocycles. The second-order valence-electron chi connectivity index (χ2n) is 17.6. The van der Waals surface area contributed by atoms with Crippen molar-refractivity contribution in [1.29, 1.82) is 0 Å². The van der Waals surface area contributed by atoms with Crippen molar-refractivity contribution in [3.05, 3.63) is 239 Å². The molecule has 0 N–H and O–H groups in total. The number of allylic oxidation sites excluding steroid dienone is 4. The normalized spacial score (nSPS) is 17.6. The lowest BCUT2D eigenvalue weighted by Gasteiger charge is -2.35. The van der Waals surface area contributed by atoms with Crippen LogP contribution in [0.2, 0.25) is 0 Å². The van der Waals surface area contributed by atoms with Crippen molar-refractivity contribution in [3.8, 4) is 33.4 Å². The number of hydrogen-bond donors (Lipinski definition) is 0. The smallest absolute Gasteiger partial charge is 0.142 e. The zero-order chi connectivity index (χ0) is 40.9. The first-order chi connectivity index (χ1) is 30.6. The molecule has 13 rings (SSSR count). The van der Waals surface area contributed by atoms with Gasteiger partial charge in [0.05, 0.1) is 11.5 Å². The third-order valence-corrected chi connectivity index (χ3v) is 14.2. The third-order valence-electron chi connectivity index (χ3n) is 14.2. The fourth-order valence-electron chi connectivity index (χ4n) is 11.5. The maximum absolute atomic E-state index is 7.08. The summed E-state index contributed by atoms with van der Waals surface area (Å²) >= 11 is 0. The summed E-state index contributed by atoms with van der Waals surface area (Å²) in [5.74, 6) is 1.49. The van der Waals surface area contributed by atoms with Gasteiger partial charge in [-0.25, -0.2) is 0 Å². The molecule has 1 aromatic heterocycles. The van der Waals surface area contributed by atoms with Crippen molar-refractivity contribution in [2.75, 3.05) is 4.90 Å². The van der Waals surface area contributed by atoms with Crippen LogP contribution in [0.25, 0.3) is 66.8 Å². The van der Waals surface area contributed by atoms with Gasteiger partial charge in [0.2, 0.25) is 0 Å². The Kier molecular flexibility index (Phi) is 7.72. The van der Waals surface area contributed by atoms with Crippen molar-refractivity contribution >= 4 is 44.8 Å². The van der Waals surface area contributed by atoms with Crippen LogP contribution in [0.3, 0.4) is 0 Å². The molecule has 0 amide bonds. The standard InChI is InChI=1S/C60H43NO/c1-38-25-33-49-50-34-29-43(37-56(50)60(55(49)35-38)53-22-9-7-17-47(53)48-18-8-10-23-54(48)60)40-26-30-44(31-27-40)61(45-32-28-39-13-5-6-16-42(39)36-45)57-24-12-21-52-51-20-11-19-46(58(51)62-59(52)57)41-14-3-2-4-15-41/h2-23,25-34,36-38,57H,24,35H2,1H3. The van der Waals surface area contributed by atoms with Crippen LogP contribution < -0.4 is 4.90 Å². The molecule has 1 spiro atoms. The van der Waals surface area contributed by atoms with Crippen LogP contribution in [0.4, 0.5) is 11.4 Å². The van der Waals surface area contributed by atoms with Crippen molar-refractivity contribution in [2.45, 2.75) is 31.2 Å². The summed E-state index contributed by atoms with van der Waals surface area (Å²) in [5, 5.41) is 3.60. The van der Waals surface area contributed by atoms with Gasteiger partial charge in [0, 0.05) is 27.9 Å². The zero-order valence-electron chi connectivity index (χ0n) is 34.6. The molecule has 8 aromatic carbocycles. The van der Waals surface area contributed by atoms with E-state index in [2.05, 4.69) is 218 Å². The highest BCUT2D eigenvalue weighted by molar-refractivity contribution is 6.00. The van der Waals surface area contributed by atoms with Gasteiger partial charge in [-0.3, -0.25) is 0 Å². The highest BCUT2D eigenvalue weighted by Gasteiger charge is 2.53. The molecule has 0 fully saturated rings. The molecule has 2 nitrogen and oxygen atoms in total. The van der Waals surface area contributed by atoms with E-state index in [9.17, 15) is 0 Å². The average molecular weight is 794 g/mol. The van der Waals surface area contributed by atoms with Gasteiger partial charge in [-0.15, -0.1) is 0 Å². The van der Waals surface area contributed by atoms with Gasteiger partial charge in [0.15, 0.2) is 0 Å². The highest BCUT2D eigenvalue weighted by atomic mass is 16.3. The summed E-state index contributed by atoms with van der Waals surface area (Å²) in [6, 6.07) is 67.4. The van der Waals surface area contributed by atoms with E-state index < -0.39 is 0 Å². The van der Waals surface area contributed by atoms with E-state index in [1.54, 1.807) is 5.57 Å². The van der Waals surface area contributed by atoms with Crippen molar-refractivity contribution in [3.63, 3.8) is 0 Å². The molecule has 62 heavy (non-hydrogen) atoms. The molecule has 4 aliphatic rings. The van der Waals surface area contributed by atoms with Gasteiger partial charge >= 0.3 is 0 Å². The van der Waals surface area contributed by atoms with Gasteiger partial charge in [0.25, 0.3) is 0 Å². The molecule has 9 aromatic rings. The molecular formula is C60H43NO. The van der Waals surface area contributed by atoms with Crippen LogP contribution in [-0.2, 0) is 5.41 Å². The molecule has 2 atom stereocenters. The lowest BCUT2D eigenvalue weighted by molar-refractivity contribution is 0.489. The molecule has 2 unspecified atom stereocenters. The molecule has 0 radical (unpaired) electrons. The van der Waals surface area contributed by atoms with E-state index in [0.717, 1.165) is 52.1 Å². The Morgan fingerprint density at radius 2 is 1.23 bits per heavy atom. The first-order valence-corrected chi connectivity index (χ1v) is 22.1. The molecule has 1 heterocycles. The minimum Gasteiger partial charge on any atom is -0.458 e. The third kappa shape index (κ3) is 5.04. The minimum absolute atomic E-state index is 0.0479. The van der Waals surface area contributed by atoms with E-state index in [-0.39, 0.29) is 11.5 Å². The maximum Gasteiger partial charge on any atom is 0.142 e. The first kappa shape index (κ1) is 35.3. The number of para-hydroxylation sites is 1. The number of anilines is 2. The van der Waals surface area contributed by atoms with Crippen molar-refractivity contribution in [2.24, 2.45) is 5.92 Å². The van der Waals surface area contributed by atoms with E-state index in [0.29, 0.717) is 5.92 Å². The lowest BCUT2D eigenvalue weighted by atomic mass is 9.67. The number of fused-ring (bicyclic) bond motifs is 13. The zero-order valence-corrected chi connectivity index (χ0v) is 34.6. The monoisotopic (exact) mass is 793 g/mol. The van der Waals surface area contributed by atoms with Crippen LogP contribution in [-0.4, -0.2) is 0 Å². The summed E-state index contributed by atoms with van der Waals surface area (Å²) in [7, 11) is 0. The summed E-state index contributed by atoms with van der Waals surface area (Å²) < 4.78 is 7.08. The van der Waals surface area contributed by atoms with Crippen LogP contribution in [0.15, 0.2) is 210 Å². The Morgan fingerprint density at radius 3 is 2.03 bits per heavy atom. The molecule has 0 bridgehead atoms. The summed E-state index contributed by atoms with van der Waals surface area (Å²) in [6.45, 7) is 2.36. The Labute approximate surface area is 362 Å². The molecule has 0 saturated carbocycles. The van der Waals surface area contributed by atoms with Gasteiger partial charge in [0.1, 0.15) is 11.3 Å². The van der Waals surface area contributed by atoms with Crippen molar-refractivity contribution in [1.82, 2.24) is 0 Å². The molecular weight excluding hydrogens is 751 g/mol. The number of benzene rings is 8. The summed E-state index contributed by atoms with van der Waals surface area (Å²) in [6.07, 6.45) is 11.3. The van der Waals surface area contributed by atoms with Crippen LogP contribution >= 0.6 is 0 Å². The van der Waals surface area contributed by atoms with Crippen LogP contribution in [0, 0.1) is 5.92 Å². The Morgan fingerprint density at radius 1 is 0.532 bits per heavy atom. The average Bonchev–Trinajstić information content (AvgIpc) is 3.96. The van der Waals surface area contributed by atoms with Crippen LogP contribution in [0.5, 0.6) is 0 Å². The second kappa shape index (κ2) is 13.5. The van der Waals surface area contributed by atoms with E-state index in [1.807, 2.05) is 0 Å². The molecule has 294 valence electrons. The van der Waals surface area contributed by atoms with E-state index in [1.165, 1.54) is 66.4 Å². The van der Waals surface area contributed by atoms with E-state index in [4.69, 9.17) is 4.42 Å². The van der Waals surface area contributed by atoms with E-state index >= 15 is 0 Å². The lowest BCUT2D eigenvalue weighted by Crippen LogP contribution is -2.28.